The normalized spacial score (nSPS) is 14.1. The fourth-order valence-corrected chi connectivity index (χ4v) is 2.47. The highest BCUT2D eigenvalue weighted by Crippen LogP contribution is 2.26. The van der Waals surface area contributed by atoms with Crippen LogP contribution in [0, 0.1) is 12.0 Å². The van der Waals surface area contributed by atoms with Crippen LogP contribution in [0.2, 0.25) is 0 Å². The quantitative estimate of drug-likeness (QED) is 0.848. The van der Waals surface area contributed by atoms with Gasteiger partial charge in [0.2, 0.25) is 0 Å². The van der Waals surface area contributed by atoms with Gasteiger partial charge in [-0.1, -0.05) is 61.5 Å². The van der Waals surface area contributed by atoms with Crippen molar-refractivity contribution in [3.63, 3.8) is 0 Å². The van der Waals surface area contributed by atoms with E-state index in [1.165, 1.54) is 11.1 Å². The van der Waals surface area contributed by atoms with Gasteiger partial charge in [-0.2, -0.15) is 0 Å². The van der Waals surface area contributed by atoms with Crippen molar-refractivity contribution < 1.29 is 0 Å². The summed E-state index contributed by atoms with van der Waals surface area (Å²) in [6, 6.07) is 21.8. The van der Waals surface area contributed by atoms with E-state index < -0.39 is 0 Å². The van der Waals surface area contributed by atoms with Gasteiger partial charge in [0.25, 0.3) is 0 Å². The molecule has 18 heavy (non-hydrogen) atoms. The molecular formula is C17H20N. The summed E-state index contributed by atoms with van der Waals surface area (Å²) in [5.41, 5.74) is 8.65. The van der Waals surface area contributed by atoms with E-state index in [0.29, 0.717) is 18.4 Å². The molecule has 0 spiro atoms. The first-order valence-corrected chi connectivity index (χ1v) is 6.51. The first kappa shape index (κ1) is 12.8. The zero-order valence-corrected chi connectivity index (χ0v) is 10.8. The lowest BCUT2D eigenvalue weighted by atomic mass is 9.83. The van der Waals surface area contributed by atoms with Crippen molar-refractivity contribution in [2.24, 2.45) is 11.7 Å². The summed E-state index contributed by atoms with van der Waals surface area (Å²) in [5, 5.41) is 0. The Hall–Kier alpha value is -1.60. The Labute approximate surface area is 110 Å². The van der Waals surface area contributed by atoms with E-state index in [4.69, 9.17) is 5.73 Å². The van der Waals surface area contributed by atoms with Crippen LogP contribution in [-0.2, 0) is 6.42 Å². The number of benzene rings is 2. The van der Waals surface area contributed by atoms with E-state index >= 15 is 0 Å². The molecule has 2 unspecified atom stereocenters. The van der Waals surface area contributed by atoms with Crippen LogP contribution < -0.4 is 5.73 Å². The molecule has 93 valence electrons. The molecule has 0 aromatic heterocycles. The lowest BCUT2D eigenvalue weighted by molar-refractivity contribution is 0.463. The van der Waals surface area contributed by atoms with E-state index in [2.05, 4.69) is 55.5 Å². The van der Waals surface area contributed by atoms with E-state index in [0.717, 1.165) is 6.42 Å². The van der Waals surface area contributed by atoms with Crippen molar-refractivity contribution in [2.75, 3.05) is 6.54 Å². The first-order valence-electron chi connectivity index (χ1n) is 6.51. The van der Waals surface area contributed by atoms with Crippen LogP contribution in [0.4, 0.5) is 0 Å². The average molecular weight is 238 g/mol. The molecule has 0 aliphatic heterocycles. The number of nitrogens with two attached hydrogens (primary N) is 1. The zero-order chi connectivity index (χ0) is 12.8. The Bertz CT molecular complexity index is 450. The summed E-state index contributed by atoms with van der Waals surface area (Å²) in [6.45, 7) is 2.98. The number of hydrogen-bond donors (Lipinski definition) is 1. The van der Waals surface area contributed by atoms with Crippen molar-refractivity contribution in [1.29, 1.82) is 0 Å². The monoisotopic (exact) mass is 238 g/mol. The van der Waals surface area contributed by atoms with Crippen molar-refractivity contribution in [1.82, 2.24) is 0 Å². The lowest BCUT2D eigenvalue weighted by Gasteiger charge is -2.23. The summed E-state index contributed by atoms with van der Waals surface area (Å²) in [7, 11) is 0. The molecule has 0 heterocycles. The maximum absolute atomic E-state index is 5.95. The van der Waals surface area contributed by atoms with Gasteiger partial charge in [-0.25, -0.2) is 0 Å². The average Bonchev–Trinajstić information content (AvgIpc) is 2.42. The van der Waals surface area contributed by atoms with Crippen LogP contribution in [-0.4, -0.2) is 6.54 Å². The van der Waals surface area contributed by atoms with Gasteiger partial charge in [0, 0.05) is 0 Å². The van der Waals surface area contributed by atoms with E-state index in [1.807, 2.05) is 12.1 Å². The van der Waals surface area contributed by atoms with Crippen molar-refractivity contribution in [3.05, 3.63) is 71.8 Å². The Morgan fingerprint density at radius 1 is 1.06 bits per heavy atom. The minimum absolute atomic E-state index is 0.426. The van der Waals surface area contributed by atoms with E-state index in [-0.39, 0.29) is 0 Å². The van der Waals surface area contributed by atoms with Gasteiger partial charge in [0.05, 0.1) is 0 Å². The molecule has 0 saturated heterocycles. The predicted molar refractivity (Wildman–Crippen MR) is 76.4 cm³/mol. The van der Waals surface area contributed by atoms with E-state index in [1.54, 1.807) is 0 Å². The molecule has 0 amide bonds. The van der Waals surface area contributed by atoms with Crippen LogP contribution in [0.3, 0.4) is 0 Å². The molecule has 1 heteroatoms. The fraction of sp³-hybridized carbons (Fsp3) is 0.294. The molecule has 0 aliphatic rings. The number of rotatable bonds is 5. The molecule has 2 N–H and O–H groups in total. The third-order valence-corrected chi connectivity index (χ3v) is 3.51. The Morgan fingerprint density at radius 2 is 1.72 bits per heavy atom. The minimum atomic E-state index is 0.426. The maximum Gasteiger partial charge on any atom is -0.000555 e. The van der Waals surface area contributed by atoms with Gasteiger partial charge in [0.1, 0.15) is 0 Å². The molecule has 0 fully saturated rings. The molecule has 1 nitrogen and oxygen atoms in total. The summed E-state index contributed by atoms with van der Waals surface area (Å²) in [5.74, 6) is 0.968. The van der Waals surface area contributed by atoms with Crippen LogP contribution in [0.5, 0.6) is 0 Å². The van der Waals surface area contributed by atoms with Crippen LogP contribution in [0.25, 0.3) is 0 Å². The minimum Gasteiger partial charge on any atom is -0.330 e. The Morgan fingerprint density at radius 3 is 2.33 bits per heavy atom. The molecule has 2 aromatic carbocycles. The van der Waals surface area contributed by atoms with Crippen LogP contribution >= 0.6 is 0 Å². The second kappa shape index (κ2) is 6.36. The lowest BCUT2D eigenvalue weighted by Crippen LogP contribution is -2.21. The molecule has 2 atom stereocenters. The molecular weight excluding hydrogens is 218 g/mol. The van der Waals surface area contributed by atoms with Gasteiger partial charge in [-0.3, -0.25) is 0 Å². The molecule has 1 radical (unpaired) electrons. The van der Waals surface area contributed by atoms with Gasteiger partial charge < -0.3 is 5.73 Å². The van der Waals surface area contributed by atoms with Crippen molar-refractivity contribution in [3.8, 4) is 0 Å². The Balaban J connectivity index is 2.09. The molecule has 2 aromatic rings. The predicted octanol–water partition coefficient (Wildman–Crippen LogP) is 3.41. The van der Waals surface area contributed by atoms with Crippen molar-refractivity contribution in [2.45, 2.75) is 19.3 Å². The highest BCUT2D eigenvalue weighted by atomic mass is 14.6. The summed E-state index contributed by atoms with van der Waals surface area (Å²) in [4.78, 5) is 0. The molecule has 2 rings (SSSR count). The first-order chi connectivity index (χ1) is 8.81. The highest BCUT2D eigenvalue weighted by Gasteiger charge is 2.17. The largest absolute Gasteiger partial charge is 0.330 e. The molecule has 0 saturated carbocycles. The van der Waals surface area contributed by atoms with Gasteiger partial charge >= 0.3 is 0 Å². The summed E-state index contributed by atoms with van der Waals surface area (Å²) >= 11 is 0. The standard InChI is InChI=1S/C17H20N/c1-14(12-15-8-4-2-5-9-15)17(13-18)16-10-6-3-7-11-16/h3-11,14,17H,12-13,18H2,1H3. The van der Waals surface area contributed by atoms with Gasteiger partial charge in [0.15, 0.2) is 0 Å². The molecule has 0 bridgehead atoms. The highest BCUT2D eigenvalue weighted by molar-refractivity contribution is 5.22. The molecule has 0 aliphatic carbocycles. The number of hydrogen-bond acceptors (Lipinski definition) is 1. The Kier molecular flexibility index (Phi) is 4.54. The summed E-state index contributed by atoms with van der Waals surface area (Å²) in [6.07, 6.45) is 1.06. The fourth-order valence-electron chi connectivity index (χ4n) is 2.47. The van der Waals surface area contributed by atoms with Crippen LogP contribution in [0.15, 0.2) is 54.6 Å². The van der Waals surface area contributed by atoms with Gasteiger partial charge in [-0.05, 0) is 42.0 Å². The van der Waals surface area contributed by atoms with E-state index in [9.17, 15) is 0 Å². The van der Waals surface area contributed by atoms with Gasteiger partial charge in [-0.15, -0.1) is 0 Å². The third kappa shape index (κ3) is 3.21. The SMILES string of the molecule is CC(Cc1cc[c]cc1)C(CN)c1ccccc1. The second-order valence-corrected chi connectivity index (χ2v) is 4.84. The topological polar surface area (TPSA) is 26.0 Å². The van der Waals surface area contributed by atoms with Crippen LogP contribution in [0.1, 0.15) is 24.0 Å². The third-order valence-electron chi connectivity index (χ3n) is 3.51. The zero-order valence-electron chi connectivity index (χ0n) is 10.8. The van der Waals surface area contributed by atoms with Crippen molar-refractivity contribution >= 4 is 0 Å². The summed E-state index contributed by atoms with van der Waals surface area (Å²) < 4.78 is 0. The second-order valence-electron chi connectivity index (χ2n) is 4.84. The maximum atomic E-state index is 5.95. The smallest absolute Gasteiger partial charge is 0.000555 e.